The van der Waals surface area contributed by atoms with E-state index in [-0.39, 0.29) is 11.2 Å². The van der Waals surface area contributed by atoms with Crippen molar-refractivity contribution in [1.29, 1.82) is 0 Å². The van der Waals surface area contributed by atoms with Gasteiger partial charge in [0.2, 0.25) is 0 Å². The zero-order valence-corrected chi connectivity index (χ0v) is 13.6. The molecule has 5 heteroatoms. The van der Waals surface area contributed by atoms with Crippen LogP contribution in [0.1, 0.15) is 45.1 Å². The molecule has 0 radical (unpaired) electrons. The fourth-order valence-corrected chi connectivity index (χ4v) is 3.46. The summed E-state index contributed by atoms with van der Waals surface area (Å²) in [4.78, 5) is 23.8. The van der Waals surface area contributed by atoms with Gasteiger partial charge in [0.05, 0.1) is 0 Å². The number of nitrogens with zero attached hydrogens (tertiary/aromatic N) is 2. The van der Waals surface area contributed by atoms with E-state index in [1.165, 1.54) is 41.9 Å². The molecule has 0 saturated heterocycles. The van der Waals surface area contributed by atoms with Crippen molar-refractivity contribution < 1.29 is 0 Å². The molecule has 0 spiro atoms. The van der Waals surface area contributed by atoms with Gasteiger partial charge in [0.1, 0.15) is 0 Å². The molecular formula is C16H27N3O2. The Hall–Kier alpha value is -1.36. The van der Waals surface area contributed by atoms with Gasteiger partial charge in [0.15, 0.2) is 0 Å². The van der Waals surface area contributed by atoms with E-state index >= 15 is 0 Å². The normalized spacial score (nSPS) is 22.7. The highest BCUT2D eigenvalue weighted by atomic mass is 16.2. The molecule has 0 aliphatic heterocycles. The van der Waals surface area contributed by atoms with Crippen LogP contribution in [-0.4, -0.2) is 15.2 Å². The van der Waals surface area contributed by atoms with Gasteiger partial charge in [0.25, 0.3) is 5.56 Å². The molecule has 1 fully saturated rings. The Morgan fingerprint density at radius 3 is 2.57 bits per heavy atom. The zero-order valence-electron chi connectivity index (χ0n) is 13.6. The average molecular weight is 293 g/mol. The van der Waals surface area contributed by atoms with E-state index in [0.717, 1.165) is 0 Å². The monoisotopic (exact) mass is 293 g/mol. The van der Waals surface area contributed by atoms with Crippen molar-refractivity contribution in [2.45, 2.75) is 52.1 Å². The molecule has 1 aliphatic carbocycles. The number of hydrogen-bond acceptors (Lipinski definition) is 3. The zero-order chi connectivity index (χ0) is 15.6. The predicted molar refractivity (Wildman–Crippen MR) is 84.3 cm³/mol. The standard InChI is InChI=1S/C16H27N3O2/c1-11(2)13-7-5-6-8-14(13)17-9-12-10-18(3)16(21)19(4)15(12)20/h10-11,13-14,17H,5-9H2,1-4H3. The molecule has 21 heavy (non-hydrogen) atoms. The summed E-state index contributed by atoms with van der Waals surface area (Å²) in [5.74, 6) is 1.33. The molecule has 2 atom stereocenters. The van der Waals surface area contributed by atoms with Gasteiger partial charge in [-0.05, 0) is 24.7 Å². The largest absolute Gasteiger partial charge is 0.330 e. The Bertz CT molecular complexity index is 601. The first kappa shape index (κ1) is 16.0. The fourth-order valence-electron chi connectivity index (χ4n) is 3.46. The molecule has 1 saturated carbocycles. The average Bonchev–Trinajstić information content (AvgIpc) is 2.47. The van der Waals surface area contributed by atoms with Gasteiger partial charge >= 0.3 is 5.69 Å². The fraction of sp³-hybridized carbons (Fsp3) is 0.750. The second-order valence-electron chi connectivity index (χ2n) is 6.59. The van der Waals surface area contributed by atoms with Crippen molar-refractivity contribution in [1.82, 2.24) is 14.5 Å². The summed E-state index contributed by atoms with van der Waals surface area (Å²) >= 11 is 0. The molecule has 0 aromatic carbocycles. The smallest absolute Gasteiger partial charge is 0.309 e. The molecule has 1 N–H and O–H groups in total. The van der Waals surface area contributed by atoms with Gasteiger partial charge in [0, 0.05) is 38.4 Å². The van der Waals surface area contributed by atoms with Crippen LogP contribution in [0.4, 0.5) is 0 Å². The second-order valence-corrected chi connectivity index (χ2v) is 6.59. The molecule has 1 heterocycles. The van der Waals surface area contributed by atoms with Crippen molar-refractivity contribution in [3.63, 3.8) is 0 Å². The maximum absolute atomic E-state index is 12.1. The minimum Gasteiger partial charge on any atom is -0.309 e. The highest BCUT2D eigenvalue weighted by Gasteiger charge is 2.27. The third-order valence-electron chi connectivity index (χ3n) is 4.75. The van der Waals surface area contributed by atoms with Crippen LogP contribution in [0.15, 0.2) is 15.8 Å². The molecule has 1 aromatic heterocycles. The second kappa shape index (κ2) is 6.60. The first-order chi connectivity index (χ1) is 9.91. The van der Waals surface area contributed by atoms with Crippen molar-refractivity contribution >= 4 is 0 Å². The Kier molecular flexibility index (Phi) is 5.04. The van der Waals surface area contributed by atoms with E-state index < -0.39 is 0 Å². The lowest BCUT2D eigenvalue weighted by molar-refractivity contribution is 0.204. The third-order valence-corrected chi connectivity index (χ3v) is 4.75. The van der Waals surface area contributed by atoms with Crippen molar-refractivity contribution in [2.75, 3.05) is 0 Å². The molecule has 0 amide bonds. The van der Waals surface area contributed by atoms with E-state index in [9.17, 15) is 9.59 Å². The summed E-state index contributed by atoms with van der Waals surface area (Å²) in [5.41, 5.74) is 0.191. The SMILES string of the molecule is CC(C)C1CCCCC1NCc1cn(C)c(=O)n(C)c1=O. The summed E-state index contributed by atoms with van der Waals surface area (Å²) < 4.78 is 2.65. The number of hydrogen-bond donors (Lipinski definition) is 1. The van der Waals surface area contributed by atoms with Crippen molar-refractivity contribution in [2.24, 2.45) is 25.9 Å². The first-order valence-electron chi connectivity index (χ1n) is 7.90. The minimum atomic E-state index is -0.276. The lowest BCUT2D eigenvalue weighted by Gasteiger charge is -2.35. The summed E-state index contributed by atoms with van der Waals surface area (Å²) in [5, 5.41) is 3.56. The van der Waals surface area contributed by atoms with Gasteiger partial charge in [-0.1, -0.05) is 26.7 Å². The predicted octanol–water partition coefficient (Wildman–Crippen LogP) is 1.39. The highest BCUT2D eigenvalue weighted by molar-refractivity contribution is 5.05. The van der Waals surface area contributed by atoms with Crippen LogP contribution in [0, 0.1) is 11.8 Å². The van der Waals surface area contributed by atoms with E-state index in [4.69, 9.17) is 0 Å². The molecule has 2 unspecified atom stereocenters. The van der Waals surface area contributed by atoms with Crippen LogP contribution in [-0.2, 0) is 20.6 Å². The van der Waals surface area contributed by atoms with E-state index in [0.29, 0.717) is 30.0 Å². The van der Waals surface area contributed by atoms with Gasteiger partial charge in [-0.3, -0.25) is 9.36 Å². The van der Waals surface area contributed by atoms with Crippen LogP contribution < -0.4 is 16.6 Å². The third kappa shape index (κ3) is 3.46. The molecule has 118 valence electrons. The maximum atomic E-state index is 12.1. The first-order valence-corrected chi connectivity index (χ1v) is 7.90. The molecular weight excluding hydrogens is 266 g/mol. The van der Waals surface area contributed by atoms with Gasteiger partial charge in [-0.15, -0.1) is 0 Å². The Labute approximate surface area is 126 Å². The van der Waals surface area contributed by atoms with Crippen molar-refractivity contribution in [3.8, 4) is 0 Å². The van der Waals surface area contributed by atoms with E-state index in [2.05, 4.69) is 19.2 Å². The Balaban J connectivity index is 2.12. The molecule has 0 bridgehead atoms. The van der Waals surface area contributed by atoms with Crippen LogP contribution in [0.25, 0.3) is 0 Å². The summed E-state index contributed by atoms with van der Waals surface area (Å²) in [6, 6.07) is 0.473. The minimum absolute atomic E-state index is 0.192. The van der Waals surface area contributed by atoms with Gasteiger partial charge < -0.3 is 9.88 Å². The van der Waals surface area contributed by atoms with Crippen LogP contribution in [0.5, 0.6) is 0 Å². The molecule has 1 aliphatic rings. The molecule has 1 aromatic rings. The molecule has 2 rings (SSSR count). The van der Waals surface area contributed by atoms with Crippen molar-refractivity contribution in [3.05, 3.63) is 32.6 Å². The van der Waals surface area contributed by atoms with E-state index in [1.807, 2.05) is 0 Å². The lowest BCUT2D eigenvalue weighted by atomic mass is 9.78. The quantitative estimate of drug-likeness (QED) is 0.912. The summed E-state index contributed by atoms with van der Waals surface area (Å²) in [7, 11) is 3.22. The van der Waals surface area contributed by atoms with Gasteiger partial charge in [-0.2, -0.15) is 0 Å². The van der Waals surface area contributed by atoms with Crippen LogP contribution in [0.3, 0.4) is 0 Å². The Morgan fingerprint density at radius 1 is 1.24 bits per heavy atom. The number of rotatable bonds is 4. The lowest BCUT2D eigenvalue weighted by Crippen LogP contribution is -2.43. The maximum Gasteiger partial charge on any atom is 0.330 e. The van der Waals surface area contributed by atoms with Crippen LogP contribution >= 0.6 is 0 Å². The number of aromatic nitrogens is 2. The Morgan fingerprint density at radius 2 is 1.90 bits per heavy atom. The summed E-state index contributed by atoms with van der Waals surface area (Å²) in [6.45, 7) is 5.08. The number of aryl methyl sites for hydroxylation is 1. The number of nitrogens with one attached hydrogen (secondary N) is 1. The van der Waals surface area contributed by atoms with Gasteiger partial charge in [-0.25, -0.2) is 4.79 Å². The highest BCUT2D eigenvalue weighted by Crippen LogP contribution is 2.30. The van der Waals surface area contributed by atoms with E-state index in [1.54, 1.807) is 13.2 Å². The topological polar surface area (TPSA) is 56.0 Å². The summed E-state index contributed by atoms with van der Waals surface area (Å²) in [6.07, 6.45) is 6.66. The van der Waals surface area contributed by atoms with Crippen LogP contribution in [0.2, 0.25) is 0 Å². The molecule has 5 nitrogen and oxygen atoms in total.